The molecule has 0 atom stereocenters. The van der Waals surface area contributed by atoms with Gasteiger partial charge in [0.1, 0.15) is 0 Å². The van der Waals surface area contributed by atoms with Gasteiger partial charge in [-0.05, 0) is 17.7 Å². The summed E-state index contributed by atoms with van der Waals surface area (Å²) in [5.74, 6) is 0.0746. The highest BCUT2D eigenvalue weighted by Gasteiger charge is 2.20. The minimum Gasteiger partial charge on any atom is -0.493 e. The Bertz CT molecular complexity index is 470. The van der Waals surface area contributed by atoms with E-state index in [2.05, 4.69) is 10.1 Å². The van der Waals surface area contributed by atoms with Crippen molar-refractivity contribution in [2.75, 3.05) is 7.11 Å². The molecule has 4 nitrogen and oxygen atoms in total. The van der Waals surface area contributed by atoms with Crippen molar-refractivity contribution >= 4 is 5.91 Å². The molecule has 0 aliphatic heterocycles. The van der Waals surface area contributed by atoms with Gasteiger partial charge in [0.2, 0.25) is 5.91 Å². The van der Waals surface area contributed by atoms with Gasteiger partial charge >= 0.3 is 6.61 Å². The summed E-state index contributed by atoms with van der Waals surface area (Å²) in [6.07, 6.45) is 0. The number of hydrogen-bond donors (Lipinski definition) is 1. The maximum absolute atomic E-state index is 12.2. The second-order valence-electron chi connectivity index (χ2n) is 5.30. The van der Waals surface area contributed by atoms with Gasteiger partial charge in [-0.25, -0.2) is 0 Å². The molecule has 1 rings (SSSR count). The van der Waals surface area contributed by atoms with Crippen molar-refractivity contribution in [3.8, 4) is 11.5 Å². The van der Waals surface area contributed by atoms with E-state index in [9.17, 15) is 13.6 Å². The first-order valence-electron chi connectivity index (χ1n) is 6.14. The summed E-state index contributed by atoms with van der Waals surface area (Å²) in [6.45, 7) is 2.81. The number of benzene rings is 1. The third-order valence-electron chi connectivity index (χ3n) is 2.58. The fourth-order valence-electron chi connectivity index (χ4n) is 1.46. The number of carbonyl (C=O) groups excluding carboxylic acids is 1. The van der Waals surface area contributed by atoms with Gasteiger partial charge in [-0.2, -0.15) is 8.78 Å². The summed E-state index contributed by atoms with van der Waals surface area (Å²) in [5, 5.41) is 2.77. The van der Waals surface area contributed by atoms with Crippen LogP contribution in [0, 0.1) is 5.41 Å². The predicted octanol–water partition coefficient (Wildman–Crippen LogP) is 2.96. The van der Waals surface area contributed by atoms with Crippen LogP contribution in [0.25, 0.3) is 0 Å². The lowest BCUT2D eigenvalue weighted by Gasteiger charge is -2.18. The molecule has 0 saturated heterocycles. The van der Waals surface area contributed by atoms with Crippen molar-refractivity contribution in [3.05, 3.63) is 23.8 Å². The summed E-state index contributed by atoms with van der Waals surface area (Å²) in [6, 6.07) is 4.55. The van der Waals surface area contributed by atoms with E-state index in [0.29, 0.717) is 6.54 Å². The van der Waals surface area contributed by atoms with E-state index in [-0.39, 0.29) is 17.4 Å². The molecular weight excluding hydrogens is 268 g/mol. The number of nitrogens with one attached hydrogen (secondary N) is 1. The van der Waals surface area contributed by atoms with Crippen molar-refractivity contribution in [2.24, 2.45) is 5.41 Å². The Kier molecular flexibility index (Phi) is 5.30. The van der Waals surface area contributed by atoms with Gasteiger partial charge in [0.05, 0.1) is 7.11 Å². The molecule has 0 bridgehead atoms. The Morgan fingerprint density at radius 1 is 1.30 bits per heavy atom. The number of methoxy groups -OCH3 is 1. The smallest absolute Gasteiger partial charge is 0.387 e. The molecule has 0 aromatic heterocycles. The highest BCUT2D eigenvalue weighted by Crippen LogP contribution is 2.29. The van der Waals surface area contributed by atoms with E-state index < -0.39 is 12.0 Å². The summed E-state index contributed by atoms with van der Waals surface area (Å²) >= 11 is 0. The van der Waals surface area contributed by atoms with E-state index in [1.165, 1.54) is 13.2 Å². The molecule has 0 saturated carbocycles. The summed E-state index contributed by atoms with van der Waals surface area (Å²) in [4.78, 5) is 11.7. The molecular formula is C14H19F2NO3. The Labute approximate surface area is 117 Å². The molecule has 1 aromatic rings. The first-order chi connectivity index (χ1) is 9.24. The van der Waals surface area contributed by atoms with Gasteiger partial charge in [0.25, 0.3) is 0 Å². The number of hydrogen-bond acceptors (Lipinski definition) is 3. The third-order valence-corrected chi connectivity index (χ3v) is 2.58. The van der Waals surface area contributed by atoms with E-state index in [4.69, 9.17) is 4.74 Å². The van der Waals surface area contributed by atoms with Crippen LogP contribution in [0.1, 0.15) is 26.3 Å². The number of halogens is 2. The lowest BCUT2D eigenvalue weighted by molar-refractivity contribution is -0.128. The zero-order chi connectivity index (χ0) is 15.3. The number of ether oxygens (including phenoxy) is 2. The van der Waals surface area contributed by atoms with E-state index >= 15 is 0 Å². The number of rotatable bonds is 5. The molecule has 0 radical (unpaired) electrons. The van der Waals surface area contributed by atoms with Crippen LogP contribution in [0.15, 0.2) is 18.2 Å². The standard InChI is InChI=1S/C14H19F2NO3/c1-14(2,3)12(18)17-8-9-5-6-10(20-13(15)16)11(7-9)19-4/h5-7,13H,8H2,1-4H3,(H,17,18). The van der Waals surface area contributed by atoms with Crippen molar-refractivity contribution in [1.82, 2.24) is 5.32 Å². The molecule has 0 heterocycles. The van der Waals surface area contributed by atoms with Crippen molar-refractivity contribution in [3.63, 3.8) is 0 Å². The molecule has 20 heavy (non-hydrogen) atoms. The van der Waals surface area contributed by atoms with Gasteiger partial charge in [-0.15, -0.1) is 0 Å². The zero-order valence-corrected chi connectivity index (χ0v) is 12.0. The number of alkyl halides is 2. The fourth-order valence-corrected chi connectivity index (χ4v) is 1.46. The number of carbonyl (C=O) groups is 1. The third kappa shape index (κ3) is 4.68. The summed E-state index contributed by atoms with van der Waals surface area (Å²) in [5.41, 5.74) is 0.254. The second kappa shape index (κ2) is 6.54. The van der Waals surface area contributed by atoms with Crippen LogP contribution in [0.3, 0.4) is 0 Å². The average molecular weight is 287 g/mol. The van der Waals surface area contributed by atoms with Crippen molar-refractivity contribution < 1.29 is 23.0 Å². The average Bonchev–Trinajstić information content (AvgIpc) is 2.35. The molecule has 6 heteroatoms. The van der Waals surface area contributed by atoms with Crippen molar-refractivity contribution in [1.29, 1.82) is 0 Å². The topological polar surface area (TPSA) is 47.6 Å². The molecule has 0 aliphatic rings. The van der Waals surface area contributed by atoms with Crippen LogP contribution in [-0.4, -0.2) is 19.6 Å². The number of amides is 1. The summed E-state index contributed by atoms with van der Waals surface area (Å²) < 4.78 is 33.7. The first-order valence-corrected chi connectivity index (χ1v) is 6.14. The molecule has 0 fully saturated rings. The summed E-state index contributed by atoms with van der Waals surface area (Å²) in [7, 11) is 1.37. The van der Waals surface area contributed by atoms with Crippen LogP contribution >= 0.6 is 0 Å². The lowest BCUT2D eigenvalue weighted by Crippen LogP contribution is -2.34. The van der Waals surface area contributed by atoms with Crippen LogP contribution in [0.2, 0.25) is 0 Å². The van der Waals surface area contributed by atoms with Gasteiger partial charge in [-0.1, -0.05) is 26.8 Å². The van der Waals surface area contributed by atoms with E-state index in [0.717, 1.165) is 5.56 Å². The highest BCUT2D eigenvalue weighted by atomic mass is 19.3. The molecule has 1 aromatic carbocycles. The Balaban J connectivity index is 2.76. The van der Waals surface area contributed by atoms with Gasteiger partial charge in [0, 0.05) is 12.0 Å². The van der Waals surface area contributed by atoms with Gasteiger partial charge in [-0.3, -0.25) is 4.79 Å². The van der Waals surface area contributed by atoms with E-state index in [1.807, 2.05) is 20.8 Å². The maximum atomic E-state index is 12.2. The predicted molar refractivity (Wildman–Crippen MR) is 70.9 cm³/mol. The van der Waals surface area contributed by atoms with Gasteiger partial charge < -0.3 is 14.8 Å². The van der Waals surface area contributed by atoms with Gasteiger partial charge in [0.15, 0.2) is 11.5 Å². The molecule has 0 unspecified atom stereocenters. The highest BCUT2D eigenvalue weighted by molar-refractivity contribution is 5.81. The minimum atomic E-state index is -2.91. The SMILES string of the molecule is COc1cc(CNC(=O)C(C)(C)C)ccc1OC(F)F. The first kappa shape index (κ1) is 16.2. The Morgan fingerprint density at radius 2 is 1.95 bits per heavy atom. The quantitative estimate of drug-likeness (QED) is 0.905. The molecule has 1 N–H and O–H groups in total. The molecule has 112 valence electrons. The maximum Gasteiger partial charge on any atom is 0.387 e. The Morgan fingerprint density at radius 3 is 2.45 bits per heavy atom. The van der Waals surface area contributed by atoms with Crippen LogP contribution < -0.4 is 14.8 Å². The fraction of sp³-hybridized carbons (Fsp3) is 0.500. The van der Waals surface area contributed by atoms with E-state index in [1.54, 1.807) is 12.1 Å². The van der Waals surface area contributed by atoms with Crippen LogP contribution in [0.5, 0.6) is 11.5 Å². The molecule has 0 spiro atoms. The lowest BCUT2D eigenvalue weighted by atomic mass is 9.95. The zero-order valence-electron chi connectivity index (χ0n) is 12.0. The Hall–Kier alpha value is -1.85. The minimum absolute atomic E-state index is 0.0339. The monoisotopic (exact) mass is 287 g/mol. The molecule has 1 amide bonds. The van der Waals surface area contributed by atoms with Crippen molar-refractivity contribution in [2.45, 2.75) is 33.9 Å². The van der Waals surface area contributed by atoms with Crippen LogP contribution in [-0.2, 0) is 11.3 Å². The largest absolute Gasteiger partial charge is 0.493 e. The molecule has 0 aliphatic carbocycles. The van der Waals surface area contributed by atoms with Crippen LogP contribution in [0.4, 0.5) is 8.78 Å². The normalized spacial score (nSPS) is 11.3. The second-order valence-corrected chi connectivity index (χ2v) is 5.30.